The van der Waals surface area contributed by atoms with Crippen LogP contribution in [0.1, 0.15) is 25.3 Å². The Bertz CT molecular complexity index is 284. The number of benzene rings is 1. The summed E-state index contributed by atoms with van der Waals surface area (Å²) >= 11 is 0. The zero-order chi connectivity index (χ0) is 11.8. The third kappa shape index (κ3) is 4.64. The molecule has 0 spiro atoms. The summed E-state index contributed by atoms with van der Waals surface area (Å²) in [5, 5.41) is 9.24. The van der Waals surface area contributed by atoms with Crippen molar-refractivity contribution in [3.63, 3.8) is 0 Å². The molecular formula is C13H21NO2. The van der Waals surface area contributed by atoms with E-state index in [0.717, 1.165) is 12.2 Å². The summed E-state index contributed by atoms with van der Waals surface area (Å²) in [7, 11) is 0. The topological polar surface area (TPSA) is 55.5 Å². The van der Waals surface area contributed by atoms with Crippen LogP contribution in [0.4, 0.5) is 0 Å². The van der Waals surface area contributed by atoms with Gasteiger partial charge < -0.3 is 15.6 Å². The van der Waals surface area contributed by atoms with Crippen LogP contribution in [0, 0.1) is 0 Å². The van der Waals surface area contributed by atoms with Crippen molar-refractivity contribution in [2.45, 2.75) is 32.3 Å². The zero-order valence-electron chi connectivity index (χ0n) is 9.86. The van der Waals surface area contributed by atoms with Gasteiger partial charge in [0.25, 0.3) is 0 Å². The van der Waals surface area contributed by atoms with Crippen molar-refractivity contribution in [2.24, 2.45) is 5.73 Å². The van der Waals surface area contributed by atoms with Gasteiger partial charge in [-0.25, -0.2) is 0 Å². The van der Waals surface area contributed by atoms with E-state index < -0.39 is 6.10 Å². The summed E-state index contributed by atoms with van der Waals surface area (Å²) in [6.07, 6.45) is 2.95. The predicted molar refractivity (Wildman–Crippen MR) is 65.6 cm³/mol. The normalized spacial score (nSPS) is 12.4. The molecule has 0 fully saturated rings. The first-order chi connectivity index (χ1) is 7.76. The average molecular weight is 223 g/mol. The van der Waals surface area contributed by atoms with Gasteiger partial charge in [-0.3, -0.25) is 0 Å². The molecule has 0 saturated carbocycles. The summed E-state index contributed by atoms with van der Waals surface area (Å²) < 4.78 is 5.39. The molecule has 0 bridgehead atoms. The minimum Gasteiger partial charge on any atom is -0.491 e. The highest BCUT2D eigenvalue weighted by atomic mass is 16.5. The van der Waals surface area contributed by atoms with Crippen LogP contribution in [0.3, 0.4) is 0 Å². The number of hydrogen-bond donors (Lipinski definition) is 2. The van der Waals surface area contributed by atoms with Gasteiger partial charge in [0, 0.05) is 6.54 Å². The zero-order valence-corrected chi connectivity index (χ0v) is 9.86. The second kappa shape index (κ2) is 7.25. The Hall–Kier alpha value is -1.06. The smallest absolute Gasteiger partial charge is 0.119 e. The molecule has 1 atom stereocenters. The fourth-order valence-corrected chi connectivity index (χ4v) is 1.39. The van der Waals surface area contributed by atoms with Crippen molar-refractivity contribution in [1.82, 2.24) is 0 Å². The first-order valence-corrected chi connectivity index (χ1v) is 5.86. The number of hydrogen-bond acceptors (Lipinski definition) is 3. The SMILES string of the molecule is CCCCc1ccc(OCC(O)CN)cc1. The van der Waals surface area contributed by atoms with E-state index >= 15 is 0 Å². The van der Waals surface area contributed by atoms with E-state index in [1.807, 2.05) is 12.1 Å². The van der Waals surface area contributed by atoms with Crippen molar-refractivity contribution in [3.8, 4) is 5.75 Å². The van der Waals surface area contributed by atoms with E-state index in [0.29, 0.717) is 0 Å². The van der Waals surface area contributed by atoms with Crippen LogP contribution in [0.2, 0.25) is 0 Å². The Balaban J connectivity index is 2.38. The third-order valence-electron chi connectivity index (χ3n) is 2.46. The van der Waals surface area contributed by atoms with E-state index in [2.05, 4.69) is 19.1 Å². The van der Waals surface area contributed by atoms with Crippen molar-refractivity contribution in [1.29, 1.82) is 0 Å². The van der Waals surface area contributed by atoms with Gasteiger partial charge in [-0.15, -0.1) is 0 Å². The molecule has 1 unspecified atom stereocenters. The Kier molecular flexibility index (Phi) is 5.90. The number of aryl methyl sites for hydroxylation is 1. The third-order valence-corrected chi connectivity index (χ3v) is 2.46. The Labute approximate surface area is 97.2 Å². The molecular weight excluding hydrogens is 202 g/mol. The molecule has 1 aromatic rings. The number of ether oxygens (including phenoxy) is 1. The Morgan fingerprint density at radius 1 is 1.31 bits per heavy atom. The maximum absolute atomic E-state index is 9.24. The van der Waals surface area contributed by atoms with Gasteiger partial charge in [0.2, 0.25) is 0 Å². The van der Waals surface area contributed by atoms with Crippen molar-refractivity contribution >= 4 is 0 Å². The van der Waals surface area contributed by atoms with E-state index in [1.165, 1.54) is 18.4 Å². The lowest BCUT2D eigenvalue weighted by molar-refractivity contribution is 0.114. The molecule has 1 rings (SSSR count). The average Bonchev–Trinajstić information content (AvgIpc) is 2.34. The van der Waals surface area contributed by atoms with Crippen LogP contribution in [0.25, 0.3) is 0 Å². The van der Waals surface area contributed by atoms with E-state index in [1.54, 1.807) is 0 Å². The van der Waals surface area contributed by atoms with Crippen molar-refractivity contribution in [3.05, 3.63) is 29.8 Å². The molecule has 0 aliphatic carbocycles. The predicted octanol–water partition coefficient (Wildman–Crippen LogP) is 1.73. The number of rotatable bonds is 7. The molecule has 0 aromatic heterocycles. The van der Waals surface area contributed by atoms with Crippen LogP contribution in [-0.4, -0.2) is 24.4 Å². The van der Waals surface area contributed by atoms with Crippen LogP contribution in [0.15, 0.2) is 24.3 Å². The van der Waals surface area contributed by atoms with Gasteiger partial charge in [0.15, 0.2) is 0 Å². The lowest BCUT2D eigenvalue weighted by Gasteiger charge is -2.10. The van der Waals surface area contributed by atoms with Crippen LogP contribution in [0.5, 0.6) is 5.75 Å². The van der Waals surface area contributed by atoms with Gasteiger partial charge in [-0.2, -0.15) is 0 Å². The molecule has 0 amide bonds. The summed E-state index contributed by atoms with van der Waals surface area (Å²) in [4.78, 5) is 0. The monoisotopic (exact) mass is 223 g/mol. The highest BCUT2D eigenvalue weighted by Gasteiger charge is 2.02. The van der Waals surface area contributed by atoms with Crippen LogP contribution in [-0.2, 0) is 6.42 Å². The van der Waals surface area contributed by atoms with Gasteiger partial charge in [0.1, 0.15) is 18.5 Å². The van der Waals surface area contributed by atoms with Gasteiger partial charge in [-0.05, 0) is 30.5 Å². The lowest BCUT2D eigenvalue weighted by Crippen LogP contribution is -2.26. The lowest BCUT2D eigenvalue weighted by atomic mass is 10.1. The van der Waals surface area contributed by atoms with Gasteiger partial charge >= 0.3 is 0 Å². The molecule has 16 heavy (non-hydrogen) atoms. The highest BCUT2D eigenvalue weighted by molar-refractivity contribution is 5.27. The molecule has 0 radical (unpaired) electrons. The quantitative estimate of drug-likeness (QED) is 0.740. The Morgan fingerprint density at radius 3 is 2.56 bits per heavy atom. The second-order valence-corrected chi connectivity index (χ2v) is 3.95. The molecule has 3 heteroatoms. The number of aliphatic hydroxyl groups excluding tert-OH is 1. The summed E-state index contributed by atoms with van der Waals surface area (Å²) in [5.74, 6) is 0.785. The number of aliphatic hydroxyl groups is 1. The van der Waals surface area contributed by atoms with Crippen LogP contribution < -0.4 is 10.5 Å². The molecule has 0 saturated heterocycles. The fraction of sp³-hybridized carbons (Fsp3) is 0.538. The molecule has 1 aromatic carbocycles. The molecule has 3 nitrogen and oxygen atoms in total. The molecule has 0 aliphatic heterocycles. The summed E-state index contributed by atoms with van der Waals surface area (Å²) in [5.41, 5.74) is 6.61. The maximum Gasteiger partial charge on any atom is 0.119 e. The van der Waals surface area contributed by atoms with E-state index in [9.17, 15) is 5.11 Å². The number of unbranched alkanes of at least 4 members (excludes halogenated alkanes) is 1. The van der Waals surface area contributed by atoms with Crippen molar-refractivity contribution < 1.29 is 9.84 Å². The van der Waals surface area contributed by atoms with Crippen molar-refractivity contribution in [2.75, 3.05) is 13.2 Å². The van der Waals surface area contributed by atoms with Crippen LogP contribution >= 0.6 is 0 Å². The summed E-state index contributed by atoms with van der Waals surface area (Å²) in [6, 6.07) is 8.02. The van der Waals surface area contributed by atoms with E-state index in [4.69, 9.17) is 10.5 Å². The summed E-state index contributed by atoms with van der Waals surface area (Å²) in [6.45, 7) is 2.67. The highest BCUT2D eigenvalue weighted by Crippen LogP contribution is 2.14. The Morgan fingerprint density at radius 2 is 2.00 bits per heavy atom. The first-order valence-electron chi connectivity index (χ1n) is 5.86. The van der Waals surface area contributed by atoms with Gasteiger partial charge in [-0.1, -0.05) is 25.5 Å². The van der Waals surface area contributed by atoms with E-state index in [-0.39, 0.29) is 13.2 Å². The fourth-order valence-electron chi connectivity index (χ4n) is 1.39. The largest absolute Gasteiger partial charge is 0.491 e. The number of nitrogens with two attached hydrogens (primary N) is 1. The first kappa shape index (κ1) is 13.0. The molecule has 90 valence electrons. The molecule has 0 aliphatic rings. The molecule has 0 heterocycles. The second-order valence-electron chi connectivity index (χ2n) is 3.95. The van der Waals surface area contributed by atoms with Gasteiger partial charge in [0.05, 0.1) is 0 Å². The maximum atomic E-state index is 9.24. The molecule has 3 N–H and O–H groups in total. The minimum absolute atomic E-state index is 0.231. The standard InChI is InChI=1S/C13H21NO2/c1-2-3-4-11-5-7-13(8-6-11)16-10-12(15)9-14/h5-8,12,15H,2-4,9-10,14H2,1H3. The minimum atomic E-state index is -0.584.